The van der Waals surface area contributed by atoms with Gasteiger partial charge < -0.3 is 14.9 Å². The number of carboxylic acids is 1. The van der Waals surface area contributed by atoms with Crippen molar-refractivity contribution < 1.29 is 14.7 Å². The van der Waals surface area contributed by atoms with Gasteiger partial charge in [-0.25, -0.2) is 9.79 Å². The topological polar surface area (TPSA) is 73.2 Å². The summed E-state index contributed by atoms with van der Waals surface area (Å²) in [5, 5.41) is 9.46. The first-order chi connectivity index (χ1) is 17.3. The second-order valence-corrected chi connectivity index (χ2v) is 13.8. The van der Waals surface area contributed by atoms with Gasteiger partial charge in [0.2, 0.25) is 0 Å². The average Bonchev–Trinajstić information content (AvgIpc) is 3.11. The van der Waals surface area contributed by atoms with E-state index in [-0.39, 0.29) is 28.3 Å². The Morgan fingerprint density at radius 3 is 2.14 bits per heavy atom. The molecule has 204 valence electrons. The molecule has 1 amide bonds. The van der Waals surface area contributed by atoms with E-state index in [1.54, 1.807) is 12.1 Å². The van der Waals surface area contributed by atoms with Gasteiger partial charge in [-0.3, -0.25) is 4.79 Å². The third-order valence-electron chi connectivity index (χ3n) is 8.86. The third-order valence-corrected chi connectivity index (χ3v) is 8.86. The second-order valence-electron chi connectivity index (χ2n) is 13.8. The van der Waals surface area contributed by atoms with E-state index in [0.717, 1.165) is 70.0 Å². The summed E-state index contributed by atoms with van der Waals surface area (Å²) in [5.41, 5.74) is 1.13. The molecule has 3 aliphatic rings. The van der Waals surface area contributed by atoms with Crippen LogP contribution in [0.4, 0.5) is 0 Å². The lowest BCUT2D eigenvalue weighted by Crippen LogP contribution is -2.52. The van der Waals surface area contributed by atoms with Crippen molar-refractivity contribution in [2.75, 3.05) is 13.1 Å². The Kier molecular flexibility index (Phi) is 7.79. The number of benzene rings is 1. The van der Waals surface area contributed by atoms with Gasteiger partial charge in [0, 0.05) is 13.1 Å². The number of piperidine rings is 1. The highest BCUT2D eigenvalue weighted by Crippen LogP contribution is 2.50. The van der Waals surface area contributed by atoms with Gasteiger partial charge in [0.05, 0.1) is 11.6 Å². The van der Waals surface area contributed by atoms with Crippen molar-refractivity contribution in [1.82, 2.24) is 9.80 Å². The number of carbonyl (C=O) groups is 2. The van der Waals surface area contributed by atoms with Crippen LogP contribution < -0.4 is 0 Å². The summed E-state index contributed by atoms with van der Waals surface area (Å²) in [6.45, 7) is 15.5. The van der Waals surface area contributed by atoms with Gasteiger partial charge in [-0.15, -0.1) is 0 Å². The number of amidine groups is 1. The van der Waals surface area contributed by atoms with E-state index >= 15 is 0 Å². The predicted molar refractivity (Wildman–Crippen MR) is 149 cm³/mol. The van der Waals surface area contributed by atoms with Gasteiger partial charge in [0.25, 0.3) is 5.91 Å². The van der Waals surface area contributed by atoms with Crippen LogP contribution in [0.5, 0.6) is 0 Å². The standard InChI is InChI=1S/C31H47N3O3/c1-29(2,3)17-16-25(22-10-12-23(13-11-22)28(36)37)34-27(35)26(33-20-8-7-9-21-33)32-31(34)18-14-24(15-19-31)30(4,5)6/h10-13,24-25H,7-9,14-21H2,1-6H3,(H,36,37)/t24?,25-,31?/m1/s1. The number of amides is 1. The summed E-state index contributed by atoms with van der Waals surface area (Å²) in [4.78, 5) is 35.6. The maximum atomic E-state index is 14.3. The number of aliphatic imine (C=N–C) groups is 1. The Labute approximate surface area is 223 Å². The minimum atomic E-state index is -0.928. The number of nitrogens with zero attached hydrogens (tertiary/aromatic N) is 3. The fraction of sp³-hybridized carbons (Fsp3) is 0.710. The molecule has 37 heavy (non-hydrogen) atoms. The number of aromatic carboxylic acids is 1. The minimum Gasteiger partial charge on any atom is -0.478 e. The molecular formula is C31H47N3O3. The number of likely N-dealkylation sites (tertiary alicyclic amines) is 1. The van der Waals surface area contributed by atoms with Crippen molar-refractivity contribution in [2.24, 2.45) is 21.7 Å². The van der Waals surface area contributed by atoms with Crippen LogP contribution in [-0.4, -0.2) is 51.4 Å². The molecule has 6 nitrogen and oxygen atoms in total. The Hall–Kier alpha value is -2.37. The van der Waals surface area contributed by atoms with Gasteiger partial charge in [0.1, 0.15) is 5.66 Å². The highest BCUT2D eigenvalue weighted by Gasteiger charge is 2.53. The van der Waals surface area contributed by atoms with Crippen LogP contribution >= 0.6 is 0 Å². The fourth-order valence-electron chi connectivity index (χ4n) is 6.50. The van der Waals surface area contributed by atoms with Gasteiger partial charge in [0.15, 0.2) is 5.84 Å². The second kappa shape index (κ2) is 10.4. The van der Waals surface area contributed by atoms with Gasteiger partial charge >= 0.3 is 5.97 Å². The lowest BCUT2D eigenvalue weighted by atomic mass is 9.69. The molecule has 2 fully saturated rings. The van der Waals surface area contributed by atoms with Gasteiger partial charge in [-0.1, -0.05) is 53.7 Å². The van der Waals surface area contributed by atoms with Crippen molar-refractivity contribution in [3.63, 3.8) is 0 Å². The van der Waals surface area contributed by atoms with Crippen LogP contribution in [0, 0.1) is 16.7 Å². The van der Waals surface area contributed by atoms with Crippen molar-refractivity contribution in [3.05, 3.63) is 35.4 Å². The zero-order valence-electron chi connectivity index (χ0n) is 23.8. The molecule has 0 radical (unpaired) electrons. The van der Waals surface area contributed by atoms with Crippen LogP contribution in [0.3, 0.4) is 0 Å². The van der Waals surface area contributed by atoms with Crippen LogP contribution in [0.15, 0.2) is 29.3 Å². The molecule has 6 heteroatoms. The first-order valence-electron chi connectivity index (χ1n) is 14.3. The normalized spacial score (nSPS) is 25.9. The molecule has 1 saturated heterocycles. The Morgan fingerprint density at radius 2 is 1.62 bits per heavy atom. The average molecular weight is 510 g/mol. The highest BCUT2D eigenvalue weighted by molar-refractivity contribution is 6.39. The molecule has 0 aromatic heterocycles. The van der Waals surface area contributed by atoms with E-state index in [2.05, 4.69) is 51.3 Å². The summed E-state index contributed by atoms with van der Waals surface area (Å²) in [6.07, 6.45) is 9.11. The lowest BCUT2D eigenvalue weighted by Gasteiger charge is -2.47. The Balaban J connectivity index is 1.74. The number of hydrogen-bond donors (Lipinski definition) is 1. The van der Waals surface area contributed by atoms with E-state index in [0.29, 0.717) is 11.8 Å². The Bertz CT molecular complexity index is 1000. The van der Waals surface area contributed by atoms with Crippen molar-refractivity contribution in [1.29, 1.82) is 0 Å². The van der Waals surface area contributed by atoms with E-state index in [9.17, 15) is 14.7 Å². The number of hydrogen-bond acceptors (Lipinski definition) is 4. The number of carboxylic acid groups (broad SMARTS) is 1. The minimum absolute atomic E-state index is 0.0670. The quantitative estimate of drug-likeness (QED) is 0.468. The van der Waals surface area contributed by atoms with Crippen molar-refractivity contribution in [3.8, 4) is 0 Å². The zero-order chi connectivity index (χ0) is 27.0. The summed E-state index contributed by atoms with van der Waals surface area (Å²) < 4.78 is 0. The molecule has 1 aliphatic carbocycles. The maximum absolute atomic E-state index is 14.3. The monoisotopic (exact) mass is 509 g/mol. The molecule has 1 spiro atoms. The van der Waals surface area contributed by atoms with Crippen molar-refractivity contribution >= 4 is 17.7 Å². The first-order valence-corrected chi connectivity index (χ1v) is 14.3. The molecule has 1 atom stereocenters. The van der Waals surface area contributed by atoms with Crippen LogP contribution in [0.25, 0.3) is 0 Å². The third kappa shape index (κ3) is 6.04. The van der Waals surface area contributed by atoms with E-state index in [1.165, 1.54) is 6.42 Å². The lowest BCUT2D eigenvalue weighted by molar-refractivity contribution is -0.134. The van der Waals surface area contributed by atoms with E-state index < -0.39 is 11.6 Å². The molecular weight excluding hydrogens is 462 g/mol. The summed E-state index contributed by atoms with van der Waals surface area (Å²) in [7, 11) is 0. The van der Waals surface area contributed by atoms with Crippen LogP contribution in [0.1, 0.15) is 121 Å². The van der Waals surface area contributed by atoms with E-state index in [4.69, 9.17) is 4.99 Å². The Morgan fingerprint density at radius 1 is 1.03 bits per heavy atom. The molecule has 4 rings (SSSR count). The first kappa shape index (κ1) is 27.7. The SMILES string of the molecule is CC(C)(C)CC[C@H](c1ccc(C(=O)O)cc1)N1C(=O)C(N2CCCCC2)=NC12CCC(C(C)(C)C)CC2. The van der Waals surface area contributed by atoms with E-state index in [1.807, 2.05) is 12.1 Å². The zero-order valence-corrected chi connectivity index (χ0v) is 23.8. The van der Waals surface area contributed by atoms with Crippen LogP contribution in [-0.2, 0) is 4.79 Å². The molecule has 1 aromatic carbocycles. The van der Waals surface area contributed by atoms with Gasteiger partial charge in [-0.05, 0) is 92.2 Å². The summed E-state index contributed by atoms with van der Waals surface area (Å²) in [6, 6.07) is 7.05. The smallest absolute Gasteiger partial charge is 0.335 e. The molecule has 1 aromatic rings. The fourth-order valence-corrected chi connectivity index (χ4v) is 6.50. The highest BCUT2D eigenvalue weighted by atomic mass is 16.4. The van der Waals surface area contributed by atoms with Crippen molar-refractivity contribution in [2.45, 2.75) is 111 Å². The molecule has 0 bridgehead atoms. The maximum Gasteiger partial charge on any atom is 0.335 e. The van der Waals surface area contributed by atoms with Gasteiger partial charge in [-0.2, -0.15) is 0 Å². The summed E-state index contributed by atoms with van der Waals surface area (Å²) >= 11 is 0. The number of carbonyl (C=O) groups excluding carboxylic acids is 1. The number of rotatable bonds is 5. The van der Waals surface area contributed by atoms with Crippen LogP contribution in [0.2, 0.25) is 0 Å². The largest absolute Gasteiger partial charge is 0.478 e. The molecule has 0 unspecified atom stereocenters. The molecule has 1 saturated carbocycles. The molecule has 2 heterocycles. The molecule has 1 N–H and O–H groups in total. The summed E-state index contributed by atoms with van der Waals surface area (Å²) in [5.74, 6) is 0.420. The molecule has 2 aliphatic heterocycles. The predicted octanol–water partition coefficient (Wildman–Crippen LogP) is 6.91.